The largest absolute Gasteiger partial charge is 0.546 e. The molecule has 1 radical (unpaired) electrons. The summed E-state index contributed by atoms with van der Waals surface area (Å²) in [6, 6.07) is -0.646. The van der Waals surface area contributed by atoms with E-state index in [-0.39, 0.29) is 39.1 Å². The molecule has 0 aliphatic carbocycles. The van der Waals surface area contributed by atoms with Crippen molar-refractivity contribution in [2.75, 3.05) is 19.9 Å². The number of hydrogen-bond acceptors (Lipinski definition) is 11. The fourth-order valence-electron chi connectivity index (χ4n) is 1.90. The Morgan fingerprint density at radius 3 is 2.23 bits per heavy atom. The second-order valence-corrected chi connectivity index (χ2v) is 10.2. The fraction of sp³-hybridized carbons (Fsp3) is 0.818. The molecule has 30 heavy (non-hydrogen) atoms. The first-order chi connectivity index (χ1) is 13.3. The van der Waals surface area contributed by atoms with Gasteiger partial charge in [0.05, 0.1) is 24.9 Å². The summed E-state index contributed by atoms with van der Waals surface area (Å²) in [5.41, 5.74) is 0. The molecule has 1 fully saturated rings. The van der Waals surface area contributed by atoms with Crippen molar-refractivity contribution in [1.82, 2.24) is 10.6 Å². The van der Waals surface area contributed by atoms with Crippen LogP contribution in [-0.2, 0) is 73.6 Å². The van der Waals surface area contributed by atoms with E-state index in [0.717, 1.165) is 0 Å². The van der Waals surface area contributed by atoms with Crippen LogP contribution in [0.3, 0.4) is 0 Å². The third-order valence-corrected chi connectivity index (χ3v) is 7.46. The minimum absolute atomic E-state index is 0. The Kier molecular flexibility index (Phi) is 13.9. The van der Waals surface area contributed by atoms with Crippen molar-refractivity contribution < 1.29 is 93.4 Å². The number of likely N-dealkylation sites (N-methyl/N-ethyl adjacent to an activating group) is 1. The van der Waals surface area contributed by atoms with Gasteiger partial charge in [-0.25, -0.2) is 20.3 Å². The average molecular weight is 574 g/mol. The molecule has 6 atom stereocenters. The van der Waals surface area contributed by atoms with Gasteiger partial charge in [-0.15, -0.1) is 6.42 Å². The minimum Gasteiger partial charge on any atom is -0.546 e. The molecule has 15 nitrogen and oxygen atoms in total. The van der Waals surface area contributed by atoms with E-state index >= 15 is 0 Å². The van der Waals surface area contributed by atoms with E-state index in [1.54, 1.807) is 6.92 Å². The maximum Gasteiger partial charge on any atom is 0.490 e. The van der Waals surface area contributed by atoms with E-state index in [0.29, 0.717) is 6.54 Å². The van der Waals surface area contributed by atoms with Crippen molar-refractivity contribution in [1.29, 1.82) is 0 Å². The normalized spacial score (nSPS) is 25.9. The van der Waals surface area contributed by atoms with Gasteiger partial charge in [-0.05, 0) is 13.5 Å². The van der Waals surface area contributed by atoms with Crippen molar-refractivity contribution in [2.24, 2.45) is 0 Å². The number of phosphoric acid groups is 3. The summed E-state index contributed by atoms with van der Waals surface area (Å²) in [4.78, 5) is 39.8. The number of carbonyl (C=O) groups excluding carboxylic acids is 1. The molecule has 19 heteroatoms. The molecule has 175 valence electrons. The van der Waals surface area contributed by atoms with Gasteiger partial charge in [0.1, 0.15) is 6.73 Å². The monoisotopic (exact) mass is 574 g/mol. The number of rotatable bonds is 13. The summed E-state index contributed by atoms with van der Waals surface area (Å²) in [5, 5.41) is 14.3. The SMILES string of the molecule is CCNC(C)C(=O)NCOP(=O)(O)OP(=O)(O)OP(=O)(O)OCC1O[CH-]CC1O.[Y]. The Morgan fingerprint density at radius 2 is 1.73 bits per heavy atom. The minimum atomic E-state index is -5.62. The van der Waals surface area contributed by atoms with Gasteiger partial charge in [-0.2, -0.15) is 8.62 Å². The predicted molar refractivity (Wildman–Crippen MR) is 94.6 cm³/mol. The zero-order valence-corrected chi connectivity index (χ0v) is 21.5. The van der Waals surface area contributed by atoms with Gasteiger partial charge in [-0.3, -0.25) is 13.8 Å². The quantitative estimate of drug-likeness (QED) is 0.0949. The van der Waals surface area contributed by atoms with Crippen LogP contribution in [0.2, 0.25) is 0 Å². The van der Waals surface area contributed by atoms with Crippen LogP contribution in [0.15, 0.2) is 0 Å². The average Bonchev–Trinajstić information content (AvgIpc) is 2.96. The molecular weight excluding hydrogens is 550 g/mol. The van der Waals surface area contributed by atoms with Gasteiger partial charge in [0, 0.05) is 32.7 Å². The zero-order valence-electron chi connectivity index (χ0n) is 16.0. The van der Waals surface area contributed by atoms with Crippen molar-refractivity contribution in [3.05, 3.63) is 6.61 Å². The number of carbonyl (C=O) groups is 1. The third kappa shape index (κ3) is 12.2. The molecular formula is C11H24N2O13P3Y-. The molecule has 1 heterocycles. The molecule has 0 saturated carbocycles. The number of hydrogen-bond donors (Lipinski definition) is 6. The van der Waals surface area contributed by atoms with E-state index in [1.165, 1.54) is 13.5 Å². The van der Waals surface area contributed by atoms with Crippen LogP contribution in [0, 0.1) is 6.61 Å². The number of nitrogens with one attached hydrogen (secondary N) is 2. The van der Waals surface area contributed by atoms with Gasteiger partial charge < -0.3 is 35.2 Å². The number of aliphatic hydroxyl groups excluding tert-OH is 1. The first kappa shape index (κ1) is 30.9. The summed E-state index contributed by atoms with van der Waals surface area (Å²) in [5.74, 6) is -0.600. The Morgan fingerprint density at radius 1 is 1.17 bits per heavy atom. The van der Waals surface area contributed by atoms with Crippen LogP contribution in [0.1, 0.15) is 20.3 Å². The van der Waals surface area contributed by atoms with Crippen molar-refractivity contribution in [3.8, 4) is 0 Å². The molecule has 6 unspecified atom stereocenters. The molecule has 0 spiro atoms. The van der Waals surface area contributed by atoms with Crippen LogP contribution >= 0.6 is 23.5 Å². The van der Waals surface area contributed by atoms with Gasteiger partial charge in [0.25, 0.3) is 0 Å². The Balaban J connectivity index is 0.00000841. The Hall–Kier alpha value is 0.864. The number of amides is 1. The van der Waals surface area contributed by atoms with Gasteiger partial charge in [0.2, 0.25) is 5.91 Å². The Labute approximate surface area is 197 Å². The van der Waals surface area contributed by atoms with Gasteiger partial charge in [0.15, 0.2) is 0 Å². The Bertz CT molecular complexity index is 697. The summed E-state index contributed by atoms with van der Waals surface area (Å²) in [7, 11) is -16.2. The maximum absolute atomic E-state index is 11.7. The summed E-state index contributed by atoms with van der Waals surface area (Å²) in [6.07, 6.45) is -1.90. The first-order valence-electron chi connectivity index (χ1n) is 8.13. The molecule has 0 bridgehead atoms. The summed E-state index contributed by atoms with van der Waals surface area (Å²) in [6.45, 7) is 3.42. The number of aliphatic hydroxyl groups is 1. The molecule has 6 N–H and O–H groups in total. The maximum atomic E-state index is 11.7. The zero-order chi connectivity index (χ0) is 22.3. The molecule has 1 saturated heterocycles. The number of ether oxygens (including phenoxy) is 1. The van der Waals surface area contributed by atoms with Crippen LogP contribution in [0.4, 0.5) is 0 Å². The topological polar surface area (TPSA) is 219 Å². The van der Waals surface area contributed by atoms with Gasteiger partial charge >= 0.3 is 23.5 Å². The van der Waals surface area contributed by atoms with E-state index in [2.05, 4.69) is 28.3 Å². The molecule has 1 amide bonds. The molecule has 1 aliphatic rings. The summed E-state index contributed by atoms with van der Waals surface area (Å²) < 4.78 is 56.3. The second kappa shape index (κ2) is 13.5. The number of phosphoric ester groups is 2. The fourth-order valence-corrected chi connectivity index (χ4v) is 5.31. The van der Waals surface area contributed by atoms with Crippen molar-refractivity contribution >= 4 is 29.4 Å². The van der Waals surface area contributed by atoms with E-state index < -0.39 is 61.0 Å². The van der Waals surface area contributed by atoms with E-state index in [4.69, 9.17) is 4.74 Å². The van der Waals surface area contributed by atoms with Gasteiger partial charge in [-0.1, -0.05) is 6.92 Å². The standard InChI is InChI=1S/C11H24N2O13P3.Y/c1-3-12-8(2)11(15)13-7-24-28(18,19)26-29(20,21)25-27(16,17)23-6-10-9(14)4-5-22-10;/h5,8-10,12,14H,3-4,6-7H2,1-2H3,(H,13,15)(H,16,17)(H,18,19)(H,20,21);/q-1;. The van der Waals surface area contributed by atoms with Crippen molar-refractivity contribution in [2.45, 2.75) is 38.5 Å². The molecule has 1 rings (SSSR count). The van der Waals surface area contributed by atoms with Crippen LogP contribution in [0.5, 0.6) is 0 Å². The first-order valence-corrected chi connectivity index (χ1v) is 12.6. The van der Waals surface area contributed by atoms with E-state index in [9.17, 15) is 38.3 Å². The molecule has 1 aliphatic heterocycles. The third-order valence-electron chi connectivity index (χ3n) is 3.23. The second-order valence-electron chi connectivity index (χ2n) is 5.60. The van der Waals surface area contributed by atoms with Crippen LogP contribution in [0.25, 0.3) is 0 Å². The predicted octanol–water partition coefficient (Wildman–Crippen LogP) is -0.265. The molecule has 0 aromatic carbocycles. The summed E-state index contributed by atoms with van der Waals surface area (Å²) >= 11 is 0. The van der Waals surface area contributed by atoms with Crippen LogP contribution in [-0.4, -0.2) is 63.8 Å². The van der Waals surface area contributed by atoms with Crippen LogP contribution < -0.4 is 10.6 Å². The van der Waals surface area contributed by atoms with Crippen molar-refractivity contribution in [3.63, 3.8) is 0 Å². The van der Waals surface area contributed by atoms with E-state index in [1.807, 2.05) is 0 Å². The molecule has 0 aromatic heterocycles. The smallest absolute Gasteiger partial charge is 0.490 e. The molecule has 0 aromatic rings.